The summed E-state index contributed by atoms with van der Waals surface area (Å²) < 4.78 is 4.10. The van der Waals surface area contributed by atoms with Crippen LogP contribution in [-0.2, 0) is 6.54 Å². The van der Waals surface area contributed by atoms with E-state index in [2.05, 4.69) is 33.2 Å². The third kappa shape index (κ3) is 2.40. The van der Waals surface area contributed by atoms with Crippen LogP contribution in [0.15, 0.2) is 55.8 Å². The highest BCUT2D eigenvalue weighted by atomic mass is 15.1. The quantitative estimate of drug-likeness (QED) is 0.726. The van der Waals surface area contributed by atoms with E-state index in [9.17, 15) is 0 Å². The molecular weight excluding hydrogens is 248 g/mol. The number of rotatable bonds is 4. The van der Waals surface area contributed by atoms with Crippen molar-refractivity contribution in [2.24, 2.45) is 0 Å². The van der Waals surface area contributed by atoms with Crippen molar-refractivity contribution in [3.63, 3.8) is 0 Å². The minimum atomic E-state index is 0.736. The first-order chi connectivity index (χ1) is 9.76. The van der Waals surface area contributed by atoms with Crippen LogP contribution in [0, 0.1) is 6.92 Å². The van der Waals surface area contributed by atoms with E-state index in [1.165, 1.54) is 0 Å². The van der Waals surface area contributed by atoms with Gasteiger partial charge in [-0.2, -0.15) is 0 Å². The molecule has 0 aliphatic carbocycles. The van der Waals surface area contributed by atoms with Crippen LogP contribution in [0.25, 0.3) is 11.8 Å². The molecule has 0 aliphatic heterocycles. The summed E-state index contributed by atoms with van der Waals surface area (Å²) in [6.07, 6.45) is 9.49. The van der Waals surface area contributed by atoms with Crippen LogP contribution in [-0.4, -0.2) is 19.1 Å². The largest absolute Gasteiger partial charge is 0.329 e. The fraction of sp³-hybridized carbons (Fsp3) is 0.125. The summed E-state index contributed by atoms with van der Waals surface area (Å²) in [5.74, 6) is 0.994. The number of aromatic nitrogens is 4. The molecule has 0 fully saturated rings. The lowest BCUT2D eigenvalue weighted by atomic mass is 10.2. The van der Waals surface area contributed by atoms with E-state index in [1.807, 2.05) is 48.4 Å². The second kappa shape index (κ2) is 5.17. The summed E-state index contributed by atoms with van der Waals surface area (Å²) in [5, 5.41) is 0. The highest BCUT2D eigenvalue weighted by Crippen LogP contribution is 2.13. The average Bonchev–Trinajstić information content (AvgIpc) is 3.10. The number of hydrogen-bond acceptors (Lipinski definition) is 2. The number of nitrogens with zero attached hydrogens (tertiary/aromatic N) is 4. The van der Waals surface area contributed by atoms with Crippen molar-refractivity contribution in [1.29, 1.82) is 0 Å². The van der Waals surface area contributed by atoms with Gasteiger partial charge < -0.3 is 9.13 Å². The van der Waals surface area contributed by atoms with Crippen molar-refractivity contribution in [2.45, 2.75) is 13.5 Å². The Morgan fingerprint density at radius 1 is 1.30 bits per heavy atom. The lowest BCUT2D eigenvalue weighted by molar-refractivity contribution is 0.746. The van der Waals surface area contributed by atoms with Gasteiger partial charge in [-0.3, -0.25) is 0 Å². The molecule has 0 radical (unpaired) electrons. The van der Waals surface area contributed by atoms with Gasteiger partial charge in [0.1, 0.15) is 5.82 Å². The summed E-state index contributed by atoms with van der Waals surface area (Å²) in [4.78, 5) is 8.67. The molecule has 0 saturated carbocycles. The van der Waals surface area contributed by atoms with Gasteiger partial charge >= 0.3 is 0 Å². The van der Waals surface area contributed by atoms with Crippen molar-refractivity contribution in [1.82, 2.24) is 19.1 Å². The van der Waals surface area contributed by atoms with Crippen molar-refractivity contribution in [2.75, 3.05) is 0 Å². The fourth-order valence-corrected chi connectivity index (χ4v) is 2.14. The fourth-order valence-electron chi connectivity index (χ4n) is 2.14. The van der Waals surface area contributed by atoms with Crippen LogP contribution < -0.4 is 0 Å². The molecule has 3 aromatic rings. The Morgan fingerprint density at radius 3 is 2.95 bits per heavy atom. The van der Waals surface area contributed by atoms with Gasteiger partial charge in [0.2, 0.25) is 0 Å². The molecule has 0 saturated heterocycles. The predicted molar refractivity (Wildman–Crippen MR) is 79.7 cm³/mol. The Kier molecular flexibility index (Phi) is 3.21. The minimum Gasteiger partial charge on any atom is -0.329 e. The third-order valence-corrected chi connectivity index (χ3v) is 3.30. The molecule has 0 amide bonds. The van der Waals surface area contributed by atoms with Crippen molar-refractivity contribution in [3.05, 3.63) is 72.8 Å². The molecule has 0 aliphatic rings. The zero-order valence-electron chi connectivity index (χ0n) is 11.4. The van der Waals surface area contributed by atoms with Crippen molar-refractivity contribution >= 4 is 6.08 Å². The molecule has 0 spiro atoms. The number of aryl methyl sites for hydroxylation is 1. The molecule has 0 unspecified atom stereocenters. The first-order valence-electron chi connectivity index (χ1n) is 6.50. The second-order valence-electron chi connectivity index (χ2n) is 4.67. The lowest BCUT2D eigenvalue weighted by Gasteiger charge is -2.03. The topological polar surface area (TPSA) is 35.6 Å². The van der Waals surface area contributed by atoms with Crippen molar-refractivity contribution < 1.29 is 0 Å². The summed E-state index contributed by atoms with van der Waals surface area (Å²) >= 11 is 0. The van der Waals surface area contributed by atoms with Gasteiger partial charge in [0, 0.05) is 24.3 Å². The van der Waals surface area contributed by atoms with Gasteiger partial charge in [0.25, 0.3) is 0 Å². The van der Waals surface area contributed by atoms with Crippen LogP contribution in [0.2, 0.25) is 0 Å². The van der Waals surface area contributed by atoms with E-state index in [1.54, 1.807) is 6.20 Å². The Labute approximate surface area is 118 Å². The molecule has 0 atom stereocenters. The maximum Gasteiger partial charge on any atom is 0.105 e. The van der Waals surface area contributed by atoms with Gasteiger partial charge in [-0.05, 0) is 24.6 Å². The highest BCUT2D eigenvalue weighted by molar-refractivity contribution is 5.51. The van der Waals surface area contributed by atoms with E-state index < -0.39 is 0 Å². The zero-order chi connectivity index (χ0) is 13.9. The summed E-state index contributed by atoms with van der Waals surface area (Å²) in [7, 11) is 0. The molecule has 20 heavy (non-hydrogen) atoms. The van der Waals surface area contributed by atoms with E-state index in [0.29, 0.717) is 0 Å². The molecule has 2 aromatic heterocycles. The Hall–Kier alpha value is -2.62. The molecule has 0 N–H and O–H groups in total. The van der Waals surface area contributed by atoms with E-state index in [0.717, 1.165) is 29.3 Å². The predicted octanol–water partition coefficient (Wildman–Crippen LogP) is 3.07. The molecule has 0 bridgehead atoms. The number of hydrogen-bond donors (Lipinski definition) is 0. The van der Waals surface area contributed by atoms with Gasteiger partial charge in [-0.25, -0.2) is 9.97 Å². The van der Waals surface area contributed by atoms with E-state index in [4.69, 9.17) is 0 Å². The van der Waals surface area contributed by atoms with Crippen LogP contribution in [0.1, 0.15) is 17.1 Å². The zero-order valence-corrected chi connectivity index (χ0v) is 11.4. The first kappa shape index (κ1) is 12.4. The Morgan fingerprint density at radius 2 is 2.20 bits per heavy atom. The first-order valence-corrected chi connectivity index (χ1v) is 6.50. The monoisotopic (exact) mass is 264 g/mol. The van der Waals surface area contributed by atoms with Crippen LogP contribution in [0.4, 0.5) is 0 Å². The average molecular weight is 264 g/mol. The van der Waals surface area contributed by atoms with Gasteiger partial charge in [-0.15, -0.1) is 0 Å². The number of imidazole rings is 2. The molecule has 100 valence electrons. The second-order valence-corrected chi connectivity index (χ2v) is 4.67. The molecule has 2 heterocycles. The normalized spacial score (nSPS) is 10.7. The molecule has 4 heteroatoms. The minimum absolute atomic E-state index is 0.736. The molecular formula is C16H16N4. The summed E-state index contributed by atoms with van der Waals surface area (Å²) in [6, 6.07) is 8.19. The molecule has 4 nitrogen and oxygen atoms in total. The SMILES string of the molecule is C=Cc1cccc(-n2cnc(Cn3ccnc3C)c2)c1. The third-order valence-electron chi connectivity index (χ3n) is 3.30. The van der Waals surface area contributed by atoms with Gasteiger partial charge in [0.05, 0.1) is 18.6 Å². The van der Waals surface area contributed by atoms with Crippen molar-refractivity contribution in [3.8, 4) is 5.69 Å². The maximum absolute atomic E-state index is 4.45. The maximum atomic E-state index is 4.45. The Balaban J connectivity index is 1.86. The summed E-state index contributed by atoms with van der Waals surface area (Å²) in [6.45, 7) is 6.52. The number of benzene rings is 1. The van der Waals surface area contributed by atoms with Crippen LogP contribution >= 0.6 is 0 Å². The van der Waals surface area contributed by atoms with Crippen LogP contribution in [0.5, 0.6) is 0 Å². The molecule has 1 aromatic carbocycles. The van der Waals surface area contributed by atoms with E-state index >= 15 is 0 Å². The van der Waals surface area contributed by atoms with Crippen LogP contribution in [0.3, 0.4) is 0 Å². The lowest BCUT2D eigenvalue weighted by Crippen LogP contribution is -2.00. The standard InChI is InChI=1S/C16H16N4/c1-3-14-5-4-6-16(9-14)20-11-15(18-12-20)10-19-8-7-17-13(19)2/h3-9,11-12H,1,10H2,2H3. The van der Waals surface area contributed by atoms with Gasteiger partial charge in [0.15, 0.2) is 0 Å². The van der Waals surface area contributed by atoms with Gasteiger partial charge in [-0.1, -0.05) is 24.8 Å². The smallest absolute Gasteiger partial charge is 0.105 e. The Bertz CT molecular complexity index is 736. The van der Waals surface area contributed by atoms with E-state index in [-0.39, 0.29) is 0 Å². The molecule has 3 rings (SSSR count). The highest BCUT2D eigenvalue weighted by Gasteiger charge is 2.04. The summed E-state index contributed by atoms with van der Waals surface area (Å²) in [5.41, 5.74) is 3.20.